The zero-order valence-electron chi connectivity index (χ0n) is 17.3. The lowest BCUT2D eigenvalue weighted by Crippen LogP contribution is -2.19. The van der Waals surface area contributed by atoms with E-state index in [9.17, 15) is 4.79 Å². The Kier molecular flexibility index (Phi) is 6.03. The molecule has 1 aromatic carbocycles. The summed E-state index contributed by atoms with van der Waals surface area (Å²) < 4.78 is 14.0. The summed E-state index contributed by atoms with van der Waals surface area (Å²) in [6, 6.07) is 12.6. The normalized spacial score (nSPS) is 10.8. The Morgan fingerprint density at radius 3 is 2.58 bits per heavy atom. The van der Waals surface area contributed by atoms with Crippen molar-refractivity contribution >= 4 is 11.8 Å². The number of hydrogen-bond acceptors (Lipinski definition) is 7. The van der Waals surface area contributed by atoms with Gasteiger partial charge in [-0.1, -0.05) is 17.8 Å². The molecule has 0 amide bonds. The van der Waals surface area contributed by atoms with Crippen LogP contribution in [0.1, 0.15) is 5.56 Å². The quantitative estimate of drug-likeness (QED) is 0.325. The van der Waals surface area contributed by atoms with Crippen molar-refractivity contribution in [3.63, 3.8) is 0 Å². The van der Waals surface area contributed by atoms with E-state index in [0.717, 1.165) is 11.1 Å². The second-order valence-electron chi connectivity index (χ2n) is 6.62. The van der Waals surface area contributed by atoms with E-state index in [4.69, 9.17) is 9.47 Å². The Balaban J connectivity index is 1.72. The molecule has 3 heterocycles. The van der Waals surface area contributed by atoms with Crippen molar-refractivity contribution in [3.8, 4) is 28.6 Å². The number of thioether (sulfide) groups is 1. The van der Waals surface area contributed by atoms with Crippen LogP contribution in [0.15, 0.2) is 71.0 Å². The summed E-state index contributed by atoms with van der Waals surface area (Å²) in [6.07, 6.45) is 7.25. The number of ether oxygens (including phenoxy) is 2. The molecule has 0 fully saturated rings. The van der Waals surface area contributed by atoms with Crippen molar-refractivity contribution in [3.05, 3.63) is 77.0 Å². The smallest absolute Gasteiger partial charge is 0.250 e. The van der Waals surface area contributed by atoms with Crippen LogP contribution in [-0.2, 0) is 6.54 Å². The van der Waals surface area contributed by atoms with Crippen molar-refractivity contribution in [1.29, 1.82) is 0 Å². The van der Waals surface area contributed by atoms with Crippen LogP contribution in [0.4, 0.5) is 0 Å². The van der Waals surface area contributed by atoms with Gasteiger partial charge in [0.2, 0.25) is 0 Å². The van der Waals surface area contributed by atoms with Crippen LogP contribution < -0.4 is 15.0 Å². The first-order chi connectivity index (χ1) is 15.1. The molecule has 0 aliphatic rings. The topological polar surface area (TPSA) is 84.1 Å². The highest BCUT2D eigenvalue weighted by atomic mass is 32.2. The molecule has 158 valence electrons. The molecule has 0 atom stereocenters. The van der Waals surface area contributed by atoms with Gasteiger partial charge in [-0.05, 0) is 36.1 Å². The van der Waals surface area contributed by atoms with Gasteiger partial charge in [-0.2, -0.15) is 5.10 Å². The second kappa shape index (κ2) is 9.05. The molecule has 31 heavy (non-hydrogen) atoms. The average molecular weight is 436 g/mol. The standard InChI is InChI=1S/C22H21N5O3S/c1-29-18-7-5-15(11-19(18)30-2)13-26-14-16(6-8-21(26)28)17-12-20(25-22(24-17)31-3)27-10-4-9-23-27/h4-12,14H,13H2,1-3H3. The number of nitrogens with zero attached hydrogens (tertiary/aromatic N) is 5. The molecule has 4 rings (SSSR count). The minimum Gasteiger partial charge on any atom is -0.493 e. The van der Waals surface area contributed by atoms with Gasteiger partial charge in [0.25, 0.3) is 5.56 Å². The first-order valence-electron chi connectivity index (χ1n) is 9.46. The van der Waals surface area contributed by atoms with Crippen LogP contribution in [0.2, 0.25) is 0 Å². The van der Waals surface area contributed by atoms with Gasteiger partial charge in [0.15, 0.2) is 22.5 Å². The van der Waals surface area contributed by atoms with E-state index in [-0.39, 0.29) is 5.56 Å². The third-order valence-electron chi connectivity index (χ3n) is 4.69. The van der Waals surface area contributed by atoms with Crippen LogP contribution in [0.3, 0.4) is 0 Å². The highest BCUT2D eigenvalue weighted by Crippen LogP contribution is 2.28. The molecule has 0 saturated heterocycles. The molecule has 0 unspecified atom stereocenters. The molecular formula is C22H21N5O3S. The number of hydrogen-bond donors (Lipinski definition) is 0. The van der Waals surface area contributed by atoms with Gasteiger partial charge >= 0.3 is 0 Å². The summed E-state index contributed by atoms with van der Waals surface area (Å²) in [5.41, 5.74) is 2.34. The lowest BCUT2D eigenvalue weighted by Gasteiger charge is -2.12. The number of aromatic nitrogens is 5. The summed E-state index contributed by atoms with van der Waals surface area (Å²) in [7, 11) is 3.18. The summed E-state index contributed by atoms with van der Waals surface area (Å²) in [5.74, 6) is 1.93. The first kappa shape index (κ1) is 20.7. The highest BCUT2D eigenvalue weighted by Gasteiger charge is 2.11. The SMILES string of the molecule is COc1ccc(Cn2cc(-c3cc(-n4cccn4)nc(SC)n3)ccc2=O)cc1OC. The van der Waals surface area contributed by atoms with Crippen LogP contribution in [0, 0.1) is 0 Å². The molecule has 9 heteroatoms. The molecule has 0 radical (unpaired) electrons. The van der Waals surface area contributed by atoms with E-state index < -0.39 is 0 Å². The fourth-order valence-corrected chi connectivity index (χ4v) is 3.53. The summed E-state index contributed by atoms with van der Waals surface area (Å²) in [5, 5.41) is 4.88. The molecule has 0 spiro atoms. The van der Waals surface area contributed by atoms with Crippen molar-refractivity contribution in [1.82, 2.24) is 24.3 Å². The number of benzene rings is 1. The molecule has 0 aliphatic heterocycles. The fourth-order valence-electron chi connectivity index (χ4n) is 3.16. The zero-order chi connectivity index (χ0) is 21.8. The average Bonchev–Trinajstić information content (AvgIpc) is 3.35. The highest BCUT2D eigenvalue weighted by molar-refractivity contribution is 7.98. The van der Waals surface area contributed by atoms with Crippen molar-refractivity contribution in [2.45, 2.75) is 11.7 Å². The van der Waals surface area contributed by atoms with Gasteiger partial charge in [-0.3, -0.25) is 4.79 Å². The van der Waals surface area contributed by atoms with Crippen LogP contribution in [-0.4, -0.2) is 44.8 Å². The van der Waals surface area contributed by atoms with Crippen molar-refractivity contribution < 1.29 is 9.47 Å². The lowest BCUT2D eigenvalue weighted by molar-refractivity contribution is 0.354. The van der Waals surface area contributed by atoms with Gasteiger partial charge < -0.3 is 14.0 Å². The number of rotatable bonds is 7. The van der Waals surface area contributed by atoms with Crippen molar-refractivity contribution in [2.75, 3.05) is 20.5 Å². The molecule has 3 aromatic heterocycles. The summed E-state index contributed by atoms with van der Waals surface area (Å²) in [4.78, 5) is 21.7. The minimum absolute atomic E-state index is 0.106. The van der Waals surface area contributed by atoms with E-state index in [1.54, 1.807) is 48.0 Å². The van der Waals surface area contributed by atoms with E-state index in [1.807, 2.05) is 42.8 Å². The summed E-state index contributed by atoms with van der Waals surface area (Å²) >= 11 is 1.45. The molecule has 0 N–H and O–H groups in total. The molecule has 4 aromatic rings. The van der Waals surface area contributed by atoms with Crippen LogP contribution >= 0.6 is 11.8 Å². The van der Waals surface area contributed by atoms with Crippen LogP contribution in [0.5, 0.6) is 11.5 Å². The number of methoxy groups -OCH3 is 2. The van der Waals surface area contributed by atoms with Crippen molar-refractivity contribution in [2.24, 2.45) is 0 Å². The van der Waals surface area contributed by atoms with Gasteiger partial charge in [0.1, 0.15) is 0 Å². The predicted octanol–water partition coefficient (Wildman–Crippen LogP) is 3.28. The van der Waals surface area contributed by atoms with Gasteiger partial charge in [0.05, 0.1) is 26.5 Å². The van der Waals surface area contributed by atoms with E-state index in [1.165, 1.54) is 11.8 Å². The fraction of sp³-hybridized carbons (Fsp3) is 0.182. The molecule has 0 aliphatic carbocycles. The molecule has 0 bridgehead atoms. The molecular weight excluding hydrogens is 414 g/mol. The monoisotopic (exact) mass is 435 g/mol. The Labute approximate surface area is 183 Å². The maximum atomic E-state index is 12.5. The number of pyridine rings is 1. The van der Waals surface area contributed by atoms with Gasteiger partial charge in [-0.25, -0.2) is 14.6 Å². The van der Waals surface area contributed by atoms with E-state index >= 15 is 0 Å². The summed E-state index contributed by atoms with van der Waals surface area (Å²) in [6.45, 7) is 0.388. The largest absolute Gasteiger partial charge is 0.493 e. The zero-order valence-corrected chi connectivity index (χ0v) is 18.2. The molecule has 0 saturated carbocycles. The minimum atomic E-state index is -0.106. The predicted molar refractivity (Wildman–Crippen MR) is 119 cm³/mol. The maximum absolute atomic E-state index is 12.5. The lowest BCUT2D eigenvalue weighted by atomic mass is 10.1. The second-order valence-corrected chi connectivity index (χ2v) is 7.40. The Morgan fingerprint density at radius 2 is 1.87 bits per heavy atom. The van der Waals surface area contributed by atoms with Gasteiger partial charge in [0, 0.05) is 36.3 Å². The first-order valence-corrected chi connectivity index (χ1v) is 10.7. The molecule has 8 nitrogen and oxygen atoms in total. The Morgan fingerprint density at radius 1 is 1.03 bits per heavy atom. The van der Waals surface area contributed by atoms with Gasteiger partial charge in [-0.15, -0.1) is 0 Å². The third kappa shape index (κ3) is 4.46. The van der Waals surface area contributed by atoms with E-state index in [2.05, 4.69) is 15.1 Å². The third-order valence-corrected chi connectivity index (χ3v) is 5.24. The Bertz CT molecular complexity index is 1250. The van der Waals surface area contributed by atoms with Crippen LogP contribution in [0.25, 0.3) is 17.1 Å². The van der Waals surface area contributed by atoms with E-state index in [0.29, 0.717) is 34.7 Å². The maximum Gasteiger partial charge on any atom is 0.250 e. The Hall–Kier alpha value is -3.59.